The monoisotopic (exact) mass is 440 g/mol. The number of aliphatic hydroxyl groups excluding tert-OH is 1. The Hall–Kier alpha value is -3.32. The molecule has 2 aromatic carbocycles. The van der Waals surface area contributed by atoms with E-state index in [4.69, 9.17) is 5.73 Å². The molecule has 7 nitrogen and oxygen atoms in total. The van der Waals surface area contributed by atoms with Gasteiger partial charge in [-0.25, -0.2) is 22.5 Å². The summed E-state index contributed by atoms with van der Waals surface area (Å²) in [5, 5.41) is 18.4. The normalized spacial score (nSPS) is 15.2. The second-order valence-corrected chi connectivity index (χ2v) is 8.63. The van der Waals surface area contributed by atoms with Crippen LogP contribution >= 0.6 is 0 Å². The van der Waals surface area contributed by atoms with E-state index in [1.165, 1.54) is 25.1 Å². The first-order chi connectivity index (χ1) is 14.8. The summed E-state index contributed by atoms with van der Waals surface area (Å²) in [6.07, 6.45) is 3.68. The smallest absolute Gasteiger partial charge is 0.241 e. The van der Waals surface area contributed by atoms with E-state index < -0.39 is 21.9 Å². The predicted octanol–water partition coefficient (Wildman–Crippen LogP) is 2.70. The van der Waals surface area contributed by atoms with Crippen LogP contribution in [0.4, 0.5) is 4.39 Å². The molecule has 3 rings (SSSR count). The van der Waals surface area contributed by atoms with E-state index in [-0.39, 0.29) is 34.2 Å². The number of hydrogen-bond donors (Lipinski definition) is 3. The molecule has 31 heavy (non-hydrogen) atoms. The lowest BCUT2D eigenvalue weighted by Crippen LogP contribution is -2.35. The van der Waals surface area contributed by atoms with E-state index in [0.29, 0.717) is 17.5 Å². The second-order valence-electron chi connectivity index (χ2n) is 6.95. The molecule has 0 radical (unpaired) electrons. The van der Waals surface area contributed by atoms with Gasteiger partial charge in [0.25, 0.3) is 0 Å². The van der Waals surface area contributed by atoms with Crippen LogP contribution in [0.5, 0.6) is 0 Å². The molecule has 1 aliphatic rings. The van der Waals surface area contributed by atoms with E-state index in [0.717, 1.165) is 0 Å². The molecule has 0 aromatic heterocycles. The summed E-state index contributed by atoms with van der Waals surface area (Å²) in [6, 6.07) is 11.7. The molecule has 0 bridgehead atoms. The lowest BCUT2D eigenvalue weighted by Gasteiger charge is -2.15. The first kappa shape index (κ1) is 22.4. The van der Waals surface area contributed by atoms with Crippen LogP contribution < -0.4 is 10.5 Å². The highest BCUT2D eigenvalue weighted by molar-refractivity contribution is 7.89. The third kappa shape index (κ3) is 4.88. The zero-order valence-electron chi connectivity index (χ0n) is 16.7. The van der Waals surface area contributed by atoms with Crippen molar-refractivity contribution < 1.29 is 17.9 Å². The second kappa shape index (κ2) is 9.22. The van der Waals surface area contributed by atoms with Gasteiger partial charge in [-0.15, -0.1) is 0 Å². The van der Waals surface area contributed by atoms with Crippen LogP contribution in [0.25, 0.3) is 16.8 Å². The van der Waals surface area contributed by atoms with Crippen LogP contribution in [0.3, 0.4) is 0 Å². The van der Waals surface area contributed by atoms with Crippen LogP contribution in [0.2, 0.25) is 0 Å². The molecule has 9 heteroatoms. The van der Waals surface area contributed by atoms with E-state index in [9.17, 15) is 18.8 Å². The maximum absolute atomic E-state index is 15.0. The molecule has 1 heterocycles. The number of hydrogen-bond acceptors (Lipinski definition) is 6. The molecule has 0 aliphatic carbocycles. The molecular weight excluding hydrogens is 419 g/mol. The van der Waals surface area contributed by atoms with E-state index in [2.05, 4.69) is 9.71 Å². The van der Waals surface area contributed by atoms with Crippen LogP contribution in [-0.4, -0.2) is 31.9 Å². The molecule has 0 saturated heterocycles. The van der Waals surface area contributed by atoms with Crippen molar-refractivity contribution in [3.63, 3.8) is 0 Å². The standard InChI is InChI=1S/C22H21FN4O3S/c1-14(13-28)27-31(29,30)22-8-3-2-5-16(22)15-9-10-17(18(23)11-15)20-7-4-6-19(25)21(12-24)26-20/h2-3,5-11,14,27-28H,4,13,25H2,1H3/t14-/m0/s1. The SMILES string of the molecule is C[C@@H](CO)NS(=O)(=O)c1ccccc1-c1ccc(C2=CCC=C(N)C(C#N)=N2)c(F)c1. The third-order valence-electron chi connectivity index (χ3n) is 4.62. The molecule has 0 spiro atoms. The highest BCUT2D eigenvalue weighted by Gasteiger charge is 2.22. The fourth-order valence-electron chi connectivity index (χ4n) is 3.08. The number of aliphatic imine (C=N–C) groups is 1. The number of rotatable bonds is 6. The number of nitrogens with one attached hydrogen (secondary N) is 1. The maximum atomic E-state index is 15.0. The average Bonchev–Trinajstić information content (AvgIpc) is 2.94. The number of benzene rings is 2. The van der Waals surface area contributed by atoms with Gasteiger partial charge in [0.15, 0.2) is 5.71 Å². The highest BCUT2D eigenvalue weighted by Crippen LogP contribution is 2.31. The minimum atomic E-state index is -3.94. The molecule has 160 valence electrons. The predicted molar refractivity (Wildman–Crippen MR) is 117 cm³/mol. The minimum absolute atomic E-state index is 0.00717. The van der Waals surface area contributed by atoms with Crippen molar-refractivity contribution in [2.75, 3.05) is 6.61 Å². The molecule has 1 atom stereocenters. The Bertz CT molecular complexity index is 1240. The van der Waals surface area contributed by atoms with Crippen LogP contribution in [0.15, 0.2) is 70.2 Å². The van der Waals surface area contributed by atoms with Gasteiger partial charge in [-0.2, -0.15) is 5.26 Å². The molecule has 0 amide bonds. The van der Waals surface area contributed by atoms with Crippen molar-refractivity contribution in [1.82, 2.24) is 4.72 Å². The Labute approximate surface area is 180 Å². The minimum Gasteiger partial charge on any atom is -0.397 e. The zero-order valence-corrected chi connectivity index (χ0v) is 17.5. The molecule has 0 fully saturated rings. The van der Waals surface area contributed by atoms with E-state index in [1.807, 2.05) is 6.07 Å². The maximum Gasteiger partial charge on any atom is 0.241 e. The van der Waals surface area contributed by atoms with Crippen LogP contribution in [0, 0.1) is 17.1 Å². The van der Waals surface area contributed by atoms with Crippen molar-refractivity contribution >= 4 is 21.4 Å². The average molecular weight is 441 g/mol. The van der Waals surface area contributed by atoms with Crippen molar-refractivity contribution in [3.05, 3.63) is 71.7 Å². The van der Waals surface area contributed by atoms with Gasteiger partial charge in [-0.3, -0.25) is 0 Å². The number of aliphatic hydroxyl groups is 1. The van der Waals surface area contributed by atoms with Gasteiger partial charge in [0.05, 0.1) is 22.9 Å². The summed E-state index contributed by atoms with van der Waals surface area (Å²) in [5.41, 5.74) is 7.13. The van der Waals surface area contributed by atoms with Gasteiger partial charge in [-0.05, 0) is 37.1 Å². The number of nitriles is 1. The van der Waals surface area contributed by atoms with Gasteiger partial charge in [0.1, 0.15) is 11.9 Å². The molecule has 0 unspecified atom stereocenters. The lowest BCUT2D eigenvalue weighted by atomic mass is 10.0. The van der Waals surface area contributed by atoms with Gasteiger partial charge in [0.2, 0.25) is 10.0 Å². The largest absolute Gasteiger partial charge is 0.397 e. The van der Waals surface area contributed by atoms with Gasteiger partial charge >= 0.3 is 0 Å². The number of halogens is 1. The van der Waals surface area contributed by atoms with E-state index >= 15 is 4.39 Å². The van der Waals surface area contributed by atoms with E-state index in [1.54, 1.807) is 36.4 Å². The zero-order chi connectivity index (χ0) is 22.6. The Balaban J connectivity index is 2.03. The van der Waals surface area contributed by atoms with Crippen molar-refractivity contribution in [2.24, 2.45) is 10.7 Å². The first-order valence-corrected chi connectivity index (χ1v) is 10.9. The van der Waals surface area contributed by atoms with Crippen LogP contribution in [0.1, 0.15) is 18.9 Å². The summed E-state index contributed by atoms with van der Waals surface area (Å²) in [4.78, 5) is 4.13. The summed E-state index contributed by atoms with van der Waals surface area (Å²) < 4.78 is 42.9. The van der Waals surface area contributed by atoms with Gasteiger partial charge in [0, 0.05) is 17.2 Å². The van der Waals surface area contributed by atoms with Gasteiger partial charge in [-0.1, -0.05) is 36.4 Å². The highest BCUT2D eigenvalue weighted by atomic mass is 32.2. The summed E-state index contributed by atoms with van der Waals surface area (Å²) in [7, 11) is -3.94. The Kier molecular flexibility index (Phi) is 6.65. The number of allylic oxidation sites excluding steroid dienone is 3. The first-order valence-electron chi connectivity index (χ1n) is 9.44. The third-order valence-corrected chi connectivity index (χ3v) is 6.27. The van der Waals surface area contributed by atoms with Crippen LogP contribution in [-0.2, 0) is 10.0 Å². The summed E-state index contributed by atoms with van der Waals surface area (Å²) in [5.74, 6) is -0.617. The number of nitrogens with two attached hydrogens (primary N) is 1. The Morgan fingerprint density at radius 1 is 1.26 bits per heavy atom. The molecule has 4 N–H and O–H groups in total. The summed E-state index contributed by atoms with van der Waals surface area (Å²) in [6.45, 7) is 1.18. The number of nitrogens with zero attached hydrogens (tertiary/aromatic N) is 2. The molecule has 0 saturated carbocycles. The fourth-order valence-corrected chi connectivity index (χ4v) is 4.54. The molecule has 2 aromatic rings. The fraction of sp³-hybridized carbons (Fsp3) is 0.182. The topological polar surface area (TPSA) is 129 Å². The molecular formula is C22H21FN4O3S. The van der Waals surface area contributed by atoms with Crippen molar-refractivity contribution in [3.8, 4) is 17.2 Å². The number of sulfonamides is 1. The molecule has 1 aliphatic heterocycles. The summed E-state index contributed by atoms with van der Waals surface area (Å²) >= 11 is 0. The lowest BCUT2D eigenvalue weighted by molar-refractivity contribution is 0.265. The quantitative estimate of drug-likeness (QED) is 0.636. The Morgan fingerprint density at radius 2 is 2.00 bits per heavy atom. The van der Waals surface area contributed by atoms with Crippen molar-refractivity contribution in [1.29, 1.82) is 5.26 Å². The Morgan fingerprint density at radius 3 is 2.68 bits per heavy atom. The van der Waals surface area contributed by atoms with Gasteiger partial charge < -0.3 is 10.8 Å². The van der Waals surface area contributed by atoms with Crippen molar-refractivity contribution in [2.45, 2.75) is 24.3 Å².